The molecular formula is C15H12INO. The van der Waals surface area contributed by atoms with Gasteiger partial charge in [0.2, 0.25) is 5.91 Å². The number of benzene rings is 2. The van der Waals surface area contributed by atoms with Crippen LogP contribution >= 0.6 is 22.6 Å². The highest BCUT2D eigenvalue weighted by atomic mass is 127. The summed E-state index contributed by atoms with van der Waals surface area (Å²) in [5.41, 5.74) is 3.37. The molecule has 3 rings (SSSR count). The van der Waals surface area contributed by atoms with Crippen LogP contribution in [-0.4, -0.2) is 5.91 Å². The Morgan fingerprint density at radius 1 is 1.11 bits per heavy atom. The Balaban J connectivity index is 1.93. The molecule has 0 saturated heterocycles. The van der Waals surface area contributed by atoms with Gasteiger partial charge in [0.25, 0.3) is 0 Å². The molecule has 2 nitrogen and oxygen atoms in total. The first-order valence-corrected chi connectivity index (χ1v) is 6.94. The zero-order valence-electron chi connectivity index (χ0n) is 9.77. The molecule has 0 saturated carbocycles. The second kappa shape index (κ2) is 4.72. The number of rotatable bonds is 2. The number of carbonyl (C=O) groups excluding carboxylic acids is 1. The minimum atomic E-state index is 0.191. The van der Waals surface area contributed by atoms with E-state index in [1.165, 1.54) is 3.57 Å². The van der Waals surface area contributed by atoms with Crippen LogP contribution in [0.2, 0.25) is 0 Å². The lowest BCUT2D eigenvalue weighted by Gasteiger charge is -2.17. The summed E-state index contributed by atoms with van der Waals surface area (Å²) in [7, 11) is 0. The van der Waals surface area contributed by atoms with Gasteiger partial charge in [-0.15, -0.1) is 0 Å². The first-order chi connectivity index (χ1) is 8.74. The van der Waals surface area contributed by atoms with Gasteiger partial charge in [-0.2, -0.15) is 0 Å². The van der Waals surface area contributed by atoms with Gasteiger partial charge in [-0.25, -0.2) is 0 Å². The highest BCUT2D eigenvalue weighted by Crippen LogP contribution is 2.31. The van der Waals surface area contributed by atoms with E-state index >= 15 is 0 Å². The van der Waals surface area contributed by atoms with Crippen molar-refractivity contribution in [3.8, 4) is 0 Å². The van der Waals surface area contributed by atoms with Crippen LogP contribution in [0.4, 0.5) is 5.69 Å². The summed E-state index contributed by atoms with van der Waals surface area (Å²) >= 11 is 2.28. The second-order valence-electron chi connectivity index (χ2n) is 4.42. The molecule has 0 fully saturated rings. The van der Waals surface area contributed by atoms with Crippen LogP contribution in [0.3, 0.4) is 0 Å². The maximum absolute atomic E-state index is 12.1. The number of nitrogens with zero attached hydrogens (tertiary/aromatic N) is 1. The fraction of sp³-hybridized carbons (Fsp3) is 0.133. The Labute approximate surface area is 120 Å². The van der Waals surface area contributed by atoms with E-state index in [2.05, 4.69) is 46.9 Å². The predicted molar refractivity (Wildman–Crippen MR) is 80.5 cm³/mol. The van der Waals surface area contributed by atoms with E-state index in [-0.39, 0.29) is 5.91 Å². The number of fused-ring (bicyclic) bond motifs is 1. The standard InChI is InChI=1S/C15H12INO/c16-13-6-7-14-12(8-13)9-15(18)17(14)10-11-4-2-1-3-5-11/h1-8H,9-10H2. The highest BCUT2D eigenvalue weighted by molar-refractivity contribution is 14.1. The average Bonchev–Trinajstić information content (AvgIpc) is 2.66. The van der Waals surface area contributed by atoms with Gasteiger partial charge in [0.1, 0.15) is 0 Å². The van der Waals surface area contributed by atoms with E-state index < -0.39 is 0 Å². The minimum absolute atomic E-state index is 0.191. The lowest BCUT2D eigenvalue weighted by atomic mass is 10.1. The van der Waals surface area contributed by atoms with Gasteiger partial charge >= 0.3 is 0 Å². The van der Waals surface area contributed by atoms with E-state index in [0.29, 0.717) is 13.0 Å². The Bertz CT molecular complexity index is 595. The van der Waals surface area contributed by atoms with Crippen LogP contribution < -0.4 is 4.90 Å². The third kappa shape index (κ3) is 2.14. The number of hydrogen-bond donors (Lipinski definition) is 0. The third-order valence-electron chi connectivity index (χ3n) is 3.16. The fourth-order valence-corrected chi connectivity index (χ4v) is 2.85. The van der Waals surface area contributed by atoms with E-state index in [4.69, 9.17) is 0 Å². The number of halogens is 1. The van der Waals surface area contributed by atoms with Gasteiger partial charge in [0, 0.05) is 9.26 Å². The SMILES string of the molecule is O=C1Cc2cc(I)ccc2N1Cc1ccccc1. The Hall–Kier alpha value is -1.36. The lowest BCUT2D eigenvalue weighted by molar-refractivity contribution is -0.117. The molecule has 0 N–H and O–H groups in total. The smallest absolute Gasteiger partial charge is 0.231 e. The molecule has 0 bridgehead atoms. The molecule has 1 heterocycles. The Morgan fingerprint density at radius 3 is 2.67 bits per heavy atom. The zero-order valence-corrected chi connectivity index (χ0v) is 11.9. The summed E-state index contributed by atoms with van der Waals surface area (Å²) in [5, 5.41) is 0. The molecule has 1 aliphatic rings. The molecule has 90 valence electrons. The van der Waals surface area contributed by atoms with E-state index in [1.807, 2.05) is 29.2 Å². The molecule has 3 heteroatoms. The summed E-state index contributed by atoms with van der Waals surface area (Å²) in [6.07, 6.45) is 0.527. The molecule has 0 unspecified atom stereocenters. The molecule has 0 radical (unpaired) electrons. The van der Waals surface area contributed by atoms with E-state index in [0.717, 1.165) is 16.8 Å². The molecule has 0 aromatic heterocycles. The largest absolute Gasteiger partial charge is 0.307 e. The van der Waals surface area contributed by atoms with Gasteiger partial charge in [0.05, 0.1) is 13.0 Å². The maximum atomic E-state index is 12.1. The average molecular weight is 349 g/mol. The van der Waals surface area contributed by atoms with Crippen molar-refractivity contribution in [3.05, 3.63) is 63.2 Å². The molecule has 0 atom stereocenters. The van der Waals surface area contributed by atoms with Crippen LogP contribution in [0.15, 0.2) is 48.5 Å². The summed E-state index contributed by atoms with van der Waals surface area (Å²) in [6.45, 7) is 0.660. The van der Waals surface area contributed by atoms with Crippen molar-refractivity contribution in [2.45, 2.75) is 13.0 Å². The quantitative estimate of drug-likeness (QED) is 0.762. The van der Waals surface area contributed by atoms with Crippen LogP contribution in [0.25, 0.3) is 0 Å². The van der Waals surface area contributed by atoms with Crippen molar-refractivity contribution < 1.29 is 4.79 Å². The second-order valence-corrected chi connectivity index (χ2v) is 5.66. The Kier molecular flexibility index (Phi) is 3.07. The van der Waals surface area contributed by atoms with Gasteiger partial charge in [-0.3, -0.25) is 4.79 Å². The van der Waals surface area contributed by atoms with Crippen molar-refractivity contribution in [3.63, 3.8) is 0 Å². The molecule has 18 heavy (non-hydrogen) atoms. The fourth-order valence-electron chi connectivity index (χ4n) is 2.29. The van der Waals surface area contributed by atoms with Gasteiger partial charge in [-0.05, 0) is 51.9 Å². The summed E-state index contributed by atoms with van der Waals surface area (Å²) in [6, 6.07) is 16.3. The molecule has 1 amide bonds. The molecule has 0 spiro atoms. The molecule has 0 aliphatic carbocycles. The van der Waals surface area contributed by atoms with Crippen LogP contribution in [0, 0.1) is 3.57 Å². The minimum Gasteiger partial charge on any atom is -0.307 e. The van der Waals surface area contributed by atoms with Crippen molar-refractivity contribution in [2.75, 3.05) is 4.90 Å². The lowest BCUT2D eigenvalue weighted by Crippen LogP contribution is -2.25. The first kappa shape index (κ1) is 11.7. The van der Waals surface area contributed by atoms with Crippen LogP contribution in [-0.2, 0) is 17.8 Å². The normalized spacial score (nSPS) is 13.8. The van der Waals surface area contributed by atoms with E-state index in [9.17, 15) is 4.79 Å². The van der Waals surface area contributed by atoms with Crippen LogP contribution in [0.1, 0.15) is 11.1 Å². The van der Waals surface area contributed by atoms with Crippen molar-refractivity contribution >= 4 is 34.2 Å². The summed E-state index contributed by atoms with van der Waals surface area (Å²) < 4.78 is 1.18. The zero-order chi connectivity index (χ0) is 12.5. The van der Waals surface area contributed by atoms with Gasteiger partial charge in [0.15, 0.2) is 0 Å². The first-order valence-electron chi connectivity index (χ1n) is 5.87. The number of amides is 1. The van der Waals surface area contributed by atoms with Crippen molar-refractivity contribution in [1.82, 2.24) is 0 Å². The highest BCUT2D eigenvalue weighted by Gasteiger charge is 2.26. The Morgan fingerprint density at radius 2 is 1.89 bits per heavy atom. The van der Waals surface area contributed by atoms with Crippen molar-refractivity contribution in [2.24, 2.45) is 0 Å². The summed E-state index contributed by atoms with van der Waals surface area (Å²) in [5.74, 6) is 0.191. The molecule has 2 aromatic rings. The topological polar surface area (TPSA) is 20.3 Å². The van der Waals surface area contributed by atoms with Crippen molar-refractivity contribution in [1.29, 1.82) is 0 Å². The maximum Gasteiger partial charge on any atom is 0.231 e. The molecule has 2 aromatic carbocycles. The number of carbonyl (C=O) groups is 1. The van der Waals surface area contributed by atoms with Gasteiger partial charge in [-0.1, -0.05) is 30.3 Å². The van der Waals surface area contributed by atoms with Crippen LogP contribution in [0.5, 0.6) is 0 Å². The van der Waals surface area contributed by atoms with Gasteiger partial charge < -0.3 is 4.90 Å². The predicted octanol–water partition coefficient (Wildman–Crippen LogP) is 3.38. The monoisotopic (exact) mass is 349 g/mol. The molecule has 1 aliphatic heterocycles. The number of anilines is 1. The summed E-state index contributed by atoms with van der Waals surface area (Å²) in [4.78, 5) is 13.9. The number of hydrogen-bond acceptors (Lipinski definition) is 1. The molecular weight excluding hydrogens is 337 g/mol. The third-order valence-corrected chi connectivity index (χ3v) is 3.83. The van der Waals surface area contributed by atoms with E-state index in [1.54, 1.807) is 0 Å².